The Hall–Kier alpha value is -1.80. The standard InChI is InChI=1S/C19H25NO/c1-15(17-9-5-4-6-10-17)13-14-20-16(2)18-11-7-8-12-19(18)21-3/h4-12,15-16,20H,13-14H2,1-3H3/t15?,16-/m1/s1. The summed E-state index contributed by atoms with van der Waals surface area (Å²) in [6.45, 7) is 5.46. The summed E-state index contributed by atoms with van der Waals surface area (Å²) in [5.74, 6) is 1.53. The molecule has 0 radical (unpaired) electrons. The summed E-state index contributed by atoms with van der Waals surface area (Å²) in [5, 5.41) is 3.59. The van der Waals surface area contributed by atoms with E-state index in [1.807, 2.05) is 12.1 Å². The van der Waals surface area contributed by atoms with Crippen molar-refractivity contribution in [3.8, 4) is 5.75 Å². The van der Waals surface area contributed by atoms with Crippen molar-refractivity contribution in [2.45, 2.75) is 32.2 Å². The molecular weight excluding hydrogens is 258 g/mol. The van der Waals surface area contributed by atoms with Crippen LogP contribution in [-0.2, 0) is 0 Å². The van der Waals surface area contributed by atoms with E-state index >= 15 is 0 Å². The molecule has 0 saturated carbocycles. The molecule has 1 N–H and O–H groups in total. The van der Waals surface area contributed by atoms with Crippen LogP contribution in [0.2, 0.25) is 0 Å². The van der Waals surface area contributed by atoms with Crippen LogP contribution in [0.15, 0.2) is 54.6 Å². The fraction of sp³-hybridized carbons (Fsp3) is 0.368. The first-order chi connectivity index (χ1) is 10.2. The van der Waals surface area contributed by atoms with E-state index in [9.17, 15) is 0 Å². The zero-order valence-corrected chi connectivity index (χ0v) is 13.2. The highest BCUT2D eigenvalue weighted by atomic mass is 16.5. The van der Waals surface area contributed by atoms with Gasteiger partial charge in [0, 0.05) is 11.6 Å². The van der Waals surface area contributed by atoms with E-state index in [2.05, 4.69) is 61.6 Å². The van der Waals surface area contributed by atoms with Gasteiger partial charge in [0.2, 0.25) is 0 Å². The highest BCUT2D eigenvalue weighted by Crippen LogP contribution is 2.25. The smallest absolute Gasteiger partial charge is 0.123 e. The number of para-hydroxylation sites is 1. The molecule has 112 valence electrons. The Bertz CT molecular complexity index is 538. The van der Waals surface area contributed by atoms with Crippen molar-refractivity contribution in [1.29, 1.82) is 0 Å². The van der Waals surface area contributed by atoms with E-state index in [4.69, 9.17) is 4.74 Å². The Balaban J connectivity index is 1.86. The number of ether oxygens (including phenoxy) is 1. The number of hydrogen-bond donors (Lipinski definition) is 1. The maximum absolute atomic E-state index is 5.42. The van der Waals surface area contributed by atoms with Gasteiger partial charge in [-0.1, -0.05) is 55.5 Å². The number of methoxy groups -OCH3 is 1. The molecule has 0 aliphatic heterocycles. The van der Waals surface area contributed by atoms with E-state index in [0.717, 1.165) is 18.7 Å². The van der Waals surface area contributed by atoms with E-state index < -0.39 is 0 Å². The first kappa shape index (κ1) is 15.6. The molecule has 0 bridgehead atoms. The Morgan fingerprint density at radius 2 is 1.62 bits per heavy atom. The van der Waals surface area contributed by atoms with Gasteiger partial charge in [0.25, 0.3) is 0 Å². The summed E-state index contributed by atoms with van der Waals surface area (Å²) in [6.07, 6.45) is 1.13. The summed E-state index contributed by atoms with van der Waals surface area (Å²) in [4.78, 5) is 0. The SMILES string of the molecule is COc1ccccc1[C@@H](C)NCCC(C)c1ccccc1. The van der Waals surface area contributed by atoms with Crippen LogP contribution < -0.4 is 10.1 Å². The second-order valence-electron chi connectivity index (χ2n) is 5.52. The molecule has 21 heavy (non-hydrogen) atoms. The van der Waals surface area contributed by atoms with Crippen molar-refractivity contribution in [3.63, 3.8) is 0 Å². The highest BCUT2D eigenvalue weighted by molar-refractivity contribution is 5.35. The molecular formula is C19H25NO. The fourth-order valence-corrected chi connectivity index (χ4v) is 2.60. The number of hydrogen-bond acceptors (Lipinski definition) is 2. The summed E-state index contributed by atoms with van der Waals surface area (Å²) in [7, 11) is 1.73. The molecule has 0 amide bonds. The molecule has 0 aliphatic rings. The summed E-state index contributed by atoms with van der Waals surface area (Å²) < 4.78 is 5.42. The van der Waals surface area contributed by atoms with Crippen LogP contribution in [0.25, 0.3) is 0 Å². The Kier molecular flexibility index (Phi) is 5.82. The largest absolute Gasteiger partial charge is 0.496 e. The third-order valence-electron chi connectivity index (χ3n) is 4.00. The van der Waals surface area contributed by atoms with Crippen molar-refractivity contribution in [2.24, 2.45) is 0 Å². The molecule has 2 rings (SSSR count). The predicted octanol–water partition coefficient (Wildman–Crippen LogP) is 4.54. The molecule has 2 atom stereocenters. The molecule has 2 aromatic carbocycles. The van der Waals surface area contributed by atoms with Gasteiger partial charge in [-0.05, 0) is 37.4 Å². The first-order valence-corrected chi connectivity index (χ1v) is 7.63. The highest BCUT2D eigenvalue weighted by Gasteiger charge is 2.11. The van der Waals surface area contributed by atoms with E-state index in [0.29, 0.717) is 12.0 Å². The maximum Gasteiger partial charge on any atom is 0.123 e. The third-order valence-corrected chi connectivity index (χ3v) is 4.00. The van der Waals surface area contributed by atoms with Gasteiger partial charge in [0.05, 0.1) is 7.11 Å². The zero-order chi connectivity index (χ0) is 15.1. The van der Waals surface area contributed by atoms with Gasteiger partial charge in [-0.25, -0.2) is 0 Å². The summed E-state index contributed by atoms with van der Waals surface area (Å²) in [6, 6.07) is 19.2. The molecule has 0 fully saturated rings. The van der Waals surface area contributed by atoms with E-state index in [-0.39, 0.29) is 0 Å². The quantitative estimate of drug-likeness (QED) is 0.805. The van der Waals surface area contributed by atoms with Crippen molar-refractivity contribution in [1.82, 2.24) is 5.32 Å². The first-order valence-electron chi connectivity index (χ1n) is 7.63. The van der Waals surface area contributed by atoms with Gasteiger partial charge < -0.3 is 10.1 Å². The fourth-order valence-electron chi connectivity index (χ4n) is 2.60. The lowest BCUT2D eigenvalue weighted by atomic mass is 9.97. The average Bonchev–Trinajstić information content (AvgIpc) is 2.55. The molecule has 0 aliphatic carbocycles. The van der Waals surface area contributed by atoms with Gasteiger partial charge in [-0.2, -0.15) is 0 Å². The molecule has 2 aromatic rings. The van der Waals surface area contributed by atoms with Crippen molar-refractivity contribution in [3.05, 3.63) is 65.7 Å². The number of rotatable bonds is 7. The topological polar surface area (TPSA) is 21.3 Å². The lowest BCUT2D eigenvalue weighted by Gasteiger charge is -2.19. The summed E-state index contributed by atoms with van der Waals surface area (Å²) in [5.41, 5.74) is 2.62. The van der Waals surface area contributed by atoms with Gasteiger partial charge in [0.15, 0.2) is 0 Å². The second-order valence-corrected chi connectivity index (χ2v) is 5.52. The van der Waals surface area contributed by atoms with Crippen LogP contribution in [0.5, 0.6) is 5.75 Å². The van der Waals surface area contributed by atoms with Gasteiger partial charge >= 0.3 is 0 Å². The van der Waals surface area contributed by atoms with Crippen LogP contribution >= 0.6 is 0 Å². The van der Waals surface area contributed by atoms with Gasteiger partial charge in [-0.15, -0.1) is 0 Å². The third kappa shape index (κ3) is 4.33. The van der Waals surface area contributed by atoms with Crippen molar-refractivity contribution in [2.75, 3.05) is 13.7 Å². The predicted molar refractivity (Wildman–Crippen MR) is 88.9 cm³/mol. The maximum atomic E-state index is 5.42. The van der Waals surface area contributed by atoms with Crippen molar-refractivity contribution < 1.29 is 4.74 Å². The van der Waals surface area contributed by atoms with Gasteiger partial charge in [0.1, 0.15) is 5.75 Å². The van der Waals surface area contributed by atoms with E-state index in [1.54, 1.807) is 7.11 Å². The molecule has 1 unspecified atom stereocenters. The monoisotopic (exact) mass is 283 g/mol. The minimum atomic E-state index is 0.295. The molecule has 0 heterocycles. The average molecular weight is 283 g/mol. The minimum Gasteiger partial charge on any atom is -0.496 e. The molecule has 0 spiro atoms. The van der Waals surface area contributed by atoms with E-state index in [1.165, 1.54) is 11.1 Å². The Morgan fingerprint density at radius 1 is 0.952 bits per heavy atom. The molecule has 2 nitrogen and oxygen atoms in total. The van der Waals surface area contributed by atoms with Gasteiger partial charge in [-0.3, -0.25) is 0 Å². The lowest BCUT2D eigenvalue weighted by molar-refractivity contribution is 0.401. The summed E-state index contributed by atoms with van der Waals surface area (Å²) >= 11 is 0. The molecule has 2 heteroatoms. The van der Waals surface area contributed by atoms with Crippen LogP contribution in [0.1, 0.15) is 43.4 Å². The molecule has 0 aromatic heterocycles. The van der Waals surface area contributed by atoms with Crippen LogP contribution in [0.3, 0.4) is 0 Å². The normalized spacial score (nSPS) is 13.7. The number of nitrogens with one attached hydrogen (secondary N) is 1. The molecule has 0 saturated heterocycles. The lowest BCUT2D eigenvalue weighted by Crippen LogP contribution is -2.21. The zero-order valence-electron chi connectivity index (χ0n) is 13.2. The second kappa shape index (κ2) is 7.84. The van der Waals surface area contributed by atoms with Crippen molar-refractivity contribution >= 4 is 0 Å². The number of benzene rings is 2. The Morgan fingerprint density at radius 3 is 2.33 bits per heavy atom. The van der Waals surface area contributed by atoms with Crippen LogP contribution in [0, 0.1) is 0 Å². The Labute approximate surface area is 128 Å². The van der Waals surface area contributed by atoms with Crippen LogP contribution in [-0.4, -0.2) is 13.7 Å². The van der Waals surface area contributed by atoms with Crippen LogP contribution in [0.4, 0.5) is 0 Å². The minimum absolute atomic E-state index is 0.295.